The van der Waals surface area contributed by atoms with Gasteiger partial charge in [0, 0.05) is 24.3 Å². The Morgan fingerprint density at radius 1 is 1.19 bits per heavy atom. The highest BCUT2D eigenvalue weighted by Gasteiger charge is 2.27. The molecule has 7 nitrogen and oxygen atoms in total. The Kier molecular flexibility index (Phi) is 4.87. The molecule has 0 unspecified atom stereocenters. The standard InChI is InChI=1S/C20H24N4O3/c1-12-6-7-13(2)15(10-12)24-18(25)9-8-14(22-24)19(26)21-17-11-16(27-23-17)20(3,4)5/h6-7,10-11H,8-9H2,1-5H3,(H,21,23,26). The van der Waals surface area contributed by atoms with E-state index in [0.717, 1.165) is 11.1 Å². The first kappa shape index (κ1) is 18.8. The van der Waals surface area contributed by atoms with Crippen molar-refractivity contribution in [2.24, 2.45) is 5.10 Å². The van der Waals surface area contributed by atoms with Crippen molar-refractivity contribution in [3.63, 3.8) is 0 Å². The van der Waals surface area contributed by atoms with Crippen LogP contribution in [-0.4, -0.2) is 22.7 Å². The second kappa shape index (κ2) is 6.98. The minimum Gasteiger partial charge on any atom is -0.359 e. The van der Waals surface area contributed by atoms with Gasteiger partial charge in [-0.25, -0.2) is 5.01 Å². The zero-order valence-electron chi connectivity index (χ0n) is 16.3. The molecule has 3 rings (SSSR count). The van der Waals surface area contributed by atoms with Crippen LogP contribution >= 0.6 is 0 Å². The second-order valence-corrected chi connectivity index (χ2v) is 7.82. The molecule has 0 fully saturated rings. The van der Waals surface area contributed by atoms with Crippen molar-refractivity contribution in [2.75, 3.05) is 10.3 Å². The summed E-state index contributed by atoms with van der Waals surface area (Å²) in [7, 11) is 0. The number of hydrazone groups is 1. The van der Waals surface area contributed by atoms with Gasteiger partial charge in [0.2, 0.25) is 5.91 Å². The number of anilines is 2. The van der Waals surface area contributed by atoms with Gasteiger partial charge < -0.3 is 9.84 Å². The first-order chi connectivity index (χ1) is 12.6. The van der Waals surface area contributed by atoms with E-state index < -0.39 is 0 Å². The first-order valence-electron chi connectivity index (χ1n) is 8.91. The number of hydrogen-bond donors (Lipinski definition) is 1. The van der Waals surface area contributed by atoms with E-state index in [-0.39, 0.29) is 35.8 Å². The van der Waals surface area contributed by atoms with E-state index >= 15 is 0 Å². The van der Waals surface area contributed by atoms with Gasteiger partial charge in [0.1, 0.15) is 11.5 Å². The van der Waals surface area contributed by atoms with Crippen molar-refractivity contribution in [3.8, 4) is 0 Å². The number of aromatic nitrogens is 1. The molecular weight excluding hydrogens is 344 g/mol. The second-order valence-electron chi connectivity index (χ2n) is 7.82. The molecule has 2 heterocycles. The fraction of sp³-hybridized carbons (Fsp3) is 0.400. The molecule has 0 saturated carbocycles. The van der Waals surface area contributed by atoms with Gasteiger partial charge in [-0.15, -0.1) is 0 Å². The Labute approximate surface area is 158 Å². The van der Waals surface area contributed by atoms with E-state index in [1.54, 1.807) is 6.07 Å². The van der Waals surface area contributed by atoms with E-state index in [9.17, 15) is 9.59 Å². The molecule has 0 saturated heterocycles. The van der Waals surface area contributed by atoms with Gasteiger partial charge >= 0.3 is 0 Å². The van der Waals surface area contributed by atoms with Crippen LogP contribution in [-0.2, 0) is 15.0 Å². The molecule has 1 aromatic heterocycles. The van der Waals surface area contributed by atoms with Crippen LogP contribution in [0.3, 0.4) is 0 Å². The van der Waals surface area contributed by atoms with Crippen molar-refractivity contribution in [2.45, 2.75) is 52.9 Å². The third-order valence-corrected chi connectivity index (χ3v) is 4.38. The average Bonchev–Trinajstić information content (AvgIpc) is 3.06. The zero-order valence-corrected chi connectivity index (χ0v) is 16.3. The lowest BCUT2D eigenvalue weighted by Gasteiger charge is -2.24. The summed E-state index contributed by atoms with van der Waals surface area (Å²) in [6, 6.07) is 7.51. The van der Waals surface area contributed by atoms with Crippen LogP contribution in [0.25, 0.3) is 0 Å². The van der Waals surface area contributed by atoms with Crippen LogP contribution in [0.5, 0.6) is 0 Å². The van der Waals surface area contributed by atoms with Crippen LogP contribution in [0.1, 0.15) is 50.5 Å². The molecular formula is C20H24N4O3. The SMILES string of the molecule is Cc1ccc(C)c(N2N=C(C(=O)Nc3cc(C(C)(C)C)on3)CCC2=O)c1. The quantitative estimate of drug-likeness (QED) is 0.894. The molecule has 1 aliphatic heterocycles. The number of amides is 2. The number of carbonyl (C=O) groups is 2. The zero-order chi connectivity index (χ0) is 19.8. The van der Waals surface area contributed by atoms with Crippen LogP contribution in [0.2, 0.25) is 0 Å². The molecule has 2 amide bonds. The number of nitrogens with zero attached hydrogens (tertiary/aromatic N) is 3. The molecule has 0 spiro atoms. The maximum atomic E-state index is 12.6. The van der Waals surface area contributed by atoms with Gasteiger partial charge in [0.15, 0.2) is 5.82 Å². The molecule has 1 aromatic carbocycles. The lowest BCUT2D eigenvalue weighted by molar-refractivity contribution is -0.118. The van der Waals surface area contributed by atoms with E-state index in [0.29, 0.717) is 17.3 Å². The van der Waals surface area contributed by atoms with Crippen molar-refractivity contribution < 1.29 is 14.1 Å². The Bertz CT molecular complexity index is 922. The number of carbonyl (C=O) groups excluding carboxylic acids is 2. The predicted octanol–water partition coefficient (Wildman–Crippen LogP) is 3.71. The molecule has 142 valence electrons. The van der Waals surface area contributed by atoms with Gasteiger partial charge in [-0.1, -0.05) is 38.1 Å². The molecule has 0 aliphatic carbocycles. The Morgan fingerprint density at radius 3 is 2.59 bits per heavy atom. The molecule has 0 bridgehead atoms. The molecule has 0 radical (unpaired) electrons. The average molecular weight is 368 g/mol. The molecule has 0 atom stereocenters. The van der Waals surface area contributed by atoms with E-state index in [2.05, 4.69) is 15.6 Å². The van der Waals surface area contributed by atoms with Gasteiger partial charge in [-0.05, 0) is 31.0 Å². The first-order valence-corrected chi connectivity index (χ1v) is 8.91. The maximum absolute atomic E-state index is 12.6. The highest BCUT2D eigenvalue weighted by atomic mass is 16.5. The van der Waals surface area contributed by atoms with E-state index in [4.69, 9.17) is 4.52 Å². The summed E-state index contributed by atoms with van der Waals surface area (Å²) in [6.45, 7) is 9.86. The van der Waals surface area contributed by atoms with Gasteiger partial charge in [-0.3, -0.25) is 9.59 Å². The summed E-state index contributed by atoms with van der Waals surface area (Å²) >= 11 is 0. The third-order valence-electron chi connectivity index (χ3n) is 4.38. The third kappa shape index (κ3) is 4.07. The van der Waals surface area contributed by atoms with Crippen molar-refractivity contribution in [1.29, 1.82) is 0 Å². The van der Waals surface area contributed by atoms with Crippen LogP contribution in [0.4, 0.5) is 11.5 Å². The summed E-state index contributed by atoms with van der Waals surface area (Å²) in [4.78, 5) is 25.0. The molecule has 1 aliphatic rings. The number of rotatable bonds is 3. The highest BCUT2D eigenvalue weighted by Crippen LogP contribution is 2.26. The number of aryl methyl sites for hydroxylation is 2. The summed E-state index contributed by atoms with van der Waals surface area (Å²) < 4.78 is 5.28. The van der Waals surface area contributed by atoms with E-state index in [1.807, 2.05) is 52.8 Å². The van der Waals surface area contributed by atoms with Crippen molar-refractivity contribution in [1.82, 2.24) is 5.16 Å². The fourth-order valence-corrected chi connectivity index (χ4v) is 2.73. The van der Waals surface area contributed by atoms with Gasteiger partial charge in [0.05, 0.1) is 5.69 Å². The summed E-state index contributed by atoms with van der Waals surface area (Å²) in [6.07, 6.45) is 0.516. The fourth-order valence-electron chi connectivity index (χ4n) is 2.73. The number of hydrogen-bond acceptors (Lipinski definition) is 5. The van der Waals surface area contributed by atoms with Gasteiger partial charge in [-0.2, -0.15) is 5.10 Å². The Hall–Kier alpha value is -2.96. The molecule has 2 aromatic rings. The summed E-state index contributed by atoms with van der Waals surface area (Å²) in [5, 5.41) is 12.2. The predicted molar refractivity (Wildman–Crippen MR) is 104 cm³/mol. The van der Waals surface area contributed by atoms with E-state index in [1.165, 1.54) is 5.01 Å². The van der Waals surface area contributed by atoms with Crippen molar-refractivity contribution >= 4 is 29.0 Å². The lowest BCUT2D eigenvalue weighted by atomic mass is 9.93. The monoisotopic (exact) mass is 368 g/mol. The van der Waals surface area contributed by atoms with Crippen LogP contribution in [0.15, 0.2) is 33.9 Å². The highest BCUT2D eigenvalue weighted by molar-refractivity contribution is 6.44. The number of benzene rings is 1. The molecule has 7 heteroatoms. The normalized spacial score (nSPS) is 14.9. The maximum Gasteiger partial charge on any atom is 0.273 e. The molecule has 1 N–H and O–H groups in total. The van der Waals surface area contributed by atoms with Gasteiger partial charge in [0.25, 0.3) is 5.91 Å². The number of nitrogens with one attached hydrogen (secondary N) is 1. The van der Waals surface area contributed by atoms with Crippen LogP contribution < -0.4 is 10.3 Å². The largest absolute Gasteiger partial charge is 0.359 e. The smallest absolute Gasteiger partial charge is 0.273 e. The minimum absolute atomic E-state index is 0.128. The Balaban J connectivity index is 1.83. The summed E-state index contributed by atoms with van der Waals surface area (Å²) in [5.41, 5.74) is 2.72. The topological polar surface area (TPSA) is 87.8 Å². The Morgan fingerprint density at radius 2 is 1.93 bits per heavy atom. The van der Waals surface area contributed by atoms with Crippen LogP contribution in [0, 0.1) is 13.8 Å². The minimum atomic E-state index is -0.383. The molecule has 27 heavy (non-hydrogen) atoms. The van der Waals surface area contributed by atoms with Crippen molar-refractivity contribution in [3.05, 3.63) is 41.2 Å². The lowest BCUT2D eigenvalue weighted by Crippen LogP contribution is -2.36. The summed E-state index contributed by atoms with van der Waals surface area (Å²) in [5.74, 6) is 0.502.